The van der Waals surface area contributed by atoms with Gasteiger partial charge in [-0.25, -0.2) is 4.98 Å². The summed E-state index contributed by atoms with van der Waals surface area (Å²) in [5.41, 5.74) is 2.50. The highest BCUT2D eigenvalue weighted by Gasteiger charge is 2.13. The van der Waals surface area contributed by atoms with Crippen molar-refractivity contribution < 1.29 is 0 Å². The van der Waals surface area contributed by atoms with Crippen molar-refractivity contribution in [2.24, 2.45) is 0 Å². The van der Waals surface area contributed by atoms with Crippen LogP contribution in [0.3, 0.4) is 0 Å². The monoisotopic (exact) mass is 260 g/mol. The van der Waals surface area contributed by atoms with E-state index < -0.39 is 0 Å². The lowest BCUT2D eigenvalue weighted by Crippen LogP contribution is -2.35. The van der Waals surface area contributed by atoms with Crippen molar-refractivity contribution in [2.75, 3.05) is 18.0 Å². The zero-order chi connectivity index (χ0) is 13.9. The molecule has 0 atom stereocenters. The molecule has 0 radical (unpaired) electrons. The van der Waals surface area contributed by atoms with Gasteiger partial charge in [0.2, 0.25) is 0 Å². The fraction of sp³-hybridized carbons (Fsp3) is 0.600. The quantitative estimate of drug-likeness (QED) is 0.848. The molecule has 0 fully saturated rings. The van der Waals surface area contributed by atoms with Gasteiger partial charge in [0.1, 0.15) is 5.82 Å². The van der Waals surface area contributed by atoms with Crippen LogP contribution < -0.4 is 10.2 Å². The molecule has 1 aromatic rings. The molecule has 0 aliphatic carbocycles. The normalized spacial score (nSPS) is 16.4. The Balaban J connectivity index is 1.97. The summed E-state index contributed by atoms with van der Waals surface area (Å²) in [5.74, 6) is 0.979. The first-order valence-corrected chi connectivity index (χ1v) is 6.90. The molecule has 0 amide bonds. The summed E-state index contributed by atoms with van der Waals surface area (Å²) < 4.78 is 0. The van der Waals surface area contributed by atoms with Gasteiger partial charge in [0.15, 0.2) is 0 Å². The number of aromatic nitrogens is 2. The van der Waals surface area contributed by atoms with Crippen molar-refractivity contribution in [2.45, 2.75) is 46.2 Å². The average molecular weight is 260 g/mol. The minimum Gasteiger partial charge on any atom is -0.351 e. The van der Waals surface area contributed by atoms with Crippen LogP contribution in [-0.2, 0) is 6.54 Å². The molecule has 4 heteroatoms. The van der Waals surface area contributed by atoms with E-state index in [9.17, 15) is 0 Å². The van der Waals surface area contributed by atoms with Gasteiger partial charge in [0.25, 0.3) is 0 Å². The predicted octanol–water partition coefficient (Wildman–Crippen LogP) is 2.52. The third kappa shape index (κ3) is 4.31. The molecule has 0 aromatic carbocycles. The number of nitrogens with zero attached hydrogens (tertiary/aromatic N) is 3. The number of hydrogen-bond donors (Lipinski definition) is 1. The first kappa shape index (κ1) is 14.0. The van der Waals surface area contributed by atoms with E-state index in [1.807, 2.05) is 12.4 Å². The van der Waals surface area contributed by atoms with Crippen LogP contribution in [0.4, 0.5) is 5.82 Å². The van der Waals surface area contributed by atoms with E-state index in [2.05, 4.69) is 54.0 Å². The fourth-order valence-corrected chi connectivity index (χ4v) is 2.07. The van der Waals surface area contributed by atoms with Crippen LogP contribution in [0.5, 0.6) is 0 Å². The zero-order valence-corrected chi connectivity index (χ0v) is 12.4. The molecular formula is C15H24N4. The molecule has 0 saturated carbocycles. The topological polar surface area (TPSA) is 41.1 Å². The van der Waals surface area contributed by atoms with Crippen molar-refractivity contribution in [3.8, 4) is 0 Å². The molecule has 1 aliphatic rings. The van der Waals surface area contributed by atoms with Gasteiger partial charge in [-0.05, 0) is 34.1 Å². The van der Waals surface area contributed by atoms with E-state index in [0.717, 1.165) is 37.6 Å². The molecule has 0 spiro atoms. The number of rotatable bonds is 3. The van der Waals surface area contributed by atoms with E-state index in [-0.39, 0.29) is 5.54 Å². The van der Waals surface area contributed by atoms with Crippen LogP contribution in [0.15, 0.2) is 24.0 Å². The lowest BCUT2D eigenvalue weighted by Gasteiger charge is -2.27. The van der Waals surface area contributed by atoms with Crippen molar-refractivity contribution in [3.63, 3.8) is 0 Å². The fourth-order valence-electron chi connectivity index (χ4n) is 2.07. The van der Waals surface area contributed by atoms with Crippen molar-refractivity contribution >= 4 is 5.82 Å². The maximum absolute atomic E-state index is 4.53. The smallest absolute Gasteiger partial charge is 0.147 e. The Bertz CT molecular complexity index is 442. The molecule has 1 aromatic heterocycles. The molecule has 0 unspecified atom stereocenters. The molecule has 0 saturated heterocycles. The Morgan fingerprint density at radius 3 is 2.63 bits per heavy atom. The summed E-state index contributed by atoms with van der Waals surface area (Å²) in [5, 5.41) is 3.42. The van der Waals surface area contributed by atoms with Crippen LogP contribution in [0.25, 0.3) is 0 Å². The van der Waals surface area contributed by atoms with E-state index in [0.29, 0.717) is 0 Å². The summed E-state index contributed by atoms with van der Waals surface area (Å²) in [6.07, 6.45) is 7.16. The minimum absolute atomic E-state index is 0.106. The third-order valence-electron chi connectivity index (χ3n) is 3.15. The molecule has 4 nitrogen and oxygen atoms in total. The Morgan fingerprint density at radius 1 is 1.26 bits per heavy atom. The number of nitrogens with one attached hydrogen (secondary N) is 1. The van der Waals surface area contributed by atoms with E-state index in [1.54, 1.807) is 0 Å². The van der Waals surface area contributed by atoms with Crippen molar-refractivity contribution in [3.05, 3.63) is 29.7 Å². The summed E-state index contributed by atoms with van der Waals surface area (Å²) in [6.45, 7) is 11.4. The van der Waals surface area contributed by atoms with E-state index in [1.165, 1.54) is 5.57 Å². The van der Waals surface area contributed by atoms with Crippen molar-refractivity contribution in [1.82, 2.24) is 15.3 Å². The Kier molecular flexibility index (Phi) is 4.20. The lowest BCUT2D eigenvalue weighted by molar-refractivity contribution is 0.421. The summed E-state index contributed by atoms with van der Waals surface area (Å²) in [7, 11) is 0. The van der Waals surface area contributed by atoms with Crippen LogP contribution in [0.1, 0.15) is 39.8 Å². The summed E-state index contributed by atoms with van der Waals surface area (Å²) in [4.78, 5) is 11.3. The molecule has 19 heavy (non-hydrogen) atoms. The highest BCUT2D eigenvalue weighted by atomic mass is 15.2. The molecule has 2 rings (SSSR count). The molecule has 104 valence electrons. The molecule has 1 N–H and O–H groups in total. The van der Waals surface area contributed by atoms with Crippen LogP contribution in [0.2, 0.25) is 0 Å². The van der Waals surface area contributed by atoms with Gasteiger partial charge >= 0.3 is 0 Å². The predicted molar refractivity (Wildman–Crippen MR) is 79.2 cm³/mol. The largest absolute Gasteiger partial charge is 0.351 e. The van der Waals surface area contributed by atoms with Gasteiger partial charge in [-0.2, -0.15) is 0 Å². The second-order valence-corrected chi connectivity index (χ2v) is 6.23. The van der Waals surface area contributed by atoms with Gasteiger partial charge in [0, 0.05) is 25.2 Å². The SMILES string of the molecule is CC1=CCCN(c2cnc(CNC(C)(C)C)cn2)C1. The highest BCUT2D eigenvalue weighted by molar-refractivity contribution is 5.39. The standard InChI is InChI=1S/C15H24N4/c1-12-6-5-7-19(11-12)14-10-16-13(8-17-14)9-18-15(2,3)4/h6,8,10,18H,5,7,9,11H2,1-4H3. The first-order chi connectivity index (χ1) is 8.94. The van der Waals surface area contributed by atoms with Gasteiger partial charge in [-0.1, -0.05) is 11.6 Å². The molecular weight excluding hydrogens is 236 g/mol. The highest BCUT2D eigenvalue weighted by Crippen LogP contribution is 2.16. The van der Waals surface area contributed by atoms with Gasteiger partial charge in [0.05, 0.1) is 18.1 Å². The maximum atomic E-state index is 4.53. The summed E-state index contributed by atoms with van der Waals surface area (Å²) >= 11 is 0. The lowest BCUT2D eigenvalue weighted by atomic mass is 10.1. The minimum atomic E-state index is 0.106. The van der Waals surface area contributed by atoms with E-state index >= 15 is 0 Å². The Labute approximate surface area is 115 Å². The van der Waals surface area contributed by atoms with Gasteiger partial charge < -0.3 is 10.2 Å². The zero-order valence-electron chi connectivity index (χ0n) is 12.4. The second-order valence-electron chi connectivity index (χ2n) is 6.23. The van der Waals surface area contributed by atoms with Crippen LogP contribution in [0, 0.1) is 0 Å². The maximum Gasteiger partial charge on any atom is 0.147 e. The molecule has 2 heterocycles. The van der Waals surface area contributed by atoms with Gasteiger partial charge in [-0.3, -0.25) is 4.98 Å². The average Bonchev–Trinajstić information content (AvgIpc) is 2.36. The second kappa shape index (κ2) is 5.70. The van der Waals surface area contributed by atoms with Gasteiger partial charge in [-0.15, -0.1) is 0 Å². The Morgan fingerprint density at radius 2 is 2.05 bits per heavy atom. The first-order valence-electron chi connectivity index (χ1n) is 6.90. The summed E-state index contributed by atoms with van der Waals surface area (Å²) in [6, 6.07) is 0. The molecule has 0 bridgehead atoms. The molecule has 1 aliphatic heterocycles. The number of anilines is 1. The van der Waals surface area contributed by atoms with Crippen molar-refractivity contribution in [1.29, 1.82) is 0 Å². The number of hydrogen-bond acceptors (Lipinski definition) is 4. The Hall–Kier alpha value is -1.42. The van der Waals surface area contributed by atoms with Crippen LogP contribution >= 0.6 is 0 Å². The van der Waals surface area contributed by atoms with E-state index in [4.69, 9.17) is 0 Å². The van der Waals surface area contributed by atoms with Crippen LogP contribution in [-0.4, -0.2) is 28.6 Å². The third-order valence-corrected chi connectivity index (χ3v) is 3.15.